The van der Waals surface area contributed by atoms with Crippen molar-refractivity contribution >= 4 is 35.8 Å². The summed E-state index contributed by atoms with van der Waals surface area (Å²) in [5.74, 6) is 0.125. The summed E-state index contributed by atoms with van der Waals surface area (Å²) in [6, 6.07) is 11.7. The number of para-hydroxylation sites is 1. The largest absolute Gasteiger partial charge is 0.493 e. The molecule has 2 aromatic rings. The molecular weight excluding hydrogens is 452 g/mol. The fourth-order valence-corrected chi connectivity index (χ4v) is 3.46. The lowest BCUT2D eigenvalue weighted by Gasteiger charge is -2.34. The van der Waals surface area contributed by atoms with E-state index < -0.39 is 5.91 Å². The molecule has 0 aromatic heterocycles. The summed E-state index contributed by atoms with van der Waals surface area (Å²) < 4.78 is 10.5. The zero-order valence-electron chi connectivity index (χ0n) is 18.5. The molecule has 1 aliphatic heterocycles. The zero-order chi connectivity index (χ0) is 22.4. The number of halogens is 1. The van der Waals surface area contributed by atoms with E-state index in [-0.39, 0.29) is 41.8 Å². The van der Waals surface area contributed by atoms with Crippen molar-refractivity contribution in [1.82, 2.24) is 9.80 Å². The molecule has 0 aliphatic carbocycles. The van der Waals surface area contributed by atoms with Gasteiger partial charge in [0.15, 0.2) is 11.5 Å². The van der Waals surface area contributed by atoms with E-state index in [9.17, 15) is 14.4 Å². The van der Waals surface area contributed by atoms with Crippen molar-refractivity contribution in [1.29, 1.82) is 0 Å². The number of piperazine rings is 1. The molecule has 10 nitrogen and oxygen atoms in total. The molecule has 0 saturated carbocycles. The van der Waals surface area contributed by atoms with Gasteiger partial charge in [-0.25, -0.2) is 0 Å². The van der Waals surface area contributed by atoms with E-state index in [4.69, 9.17) is 15.2 Å². The molecule has 3 rings (SSSR count). The van der Waals surface area contributed by atoms with E-state index in [1.54, 1.807) is 54.5 Å². The monoisotopic (exact) mass is 480 g/mol. The van der Waals surface area contributed by atoms with Crippen molar-refractivity contribution < 1.29 is 29.3 Å². The van der Waals surface area contributed by atoms with Gasteiger partial charge in [-0.05, 0) is 30.3 Å². The number of primary amides is 1. The summed E-state index contributed by atoms with van der Waals surface area (Å²) in [7, 11) is 3.07. The van der Waals surface area contributed by atoms with Crippen LogP contribution in [0.25, 0.3) is 0 Å². The number of ether oxygens (including phenoxy) is 2. The van der Waals surface area contributed by atoms with Gasteiger partial charge >= 0.3 is 0 Å². The molecule has 180 valence electrons. The van der Waals surface area contributed by atoms with E-state index >= 15 is 0 Å². The predicted octanol–water partition coefficient (Wildman–Crippen LogP) is 0.796. The van der Waals surface area contributed by atoms with Gasteiger partial charge in [-0.3, -0.25) is 19.3 Å². The van der Waals surface area contributed by atoms with Gasteiger partial charge in [-0.15, -0.1) is 12.4 Å². The molecule has 1 aliphatic rings. The van der Waals surface area contributed by atoms with E-state index in [0.29, 0.717) is 48.9 Å². The van der Waals surface area contributed by atoms with Crippen LogP contribution in [-0.4, -0.2) is 79.9 Å². The van der Waals surface area contributed by atoms with E-state index in [1.807, 2.05) is 4.90 Å². The molecule has 2 aromatic carbocycles. The number of carbonyl (C=O) groups is 3. The number of nitrogens with two attached hydrogens (primary N) is 1. The SMILES string of the molecule is COc1ccc(C(=O)N2CCN(CC(=O)Nc3ccccc3C(N)=O)CC2)cc1OC.Cl.O. The van der Waals surface area contributed by atoms with Gasteiger partial charge in [0.1, 0.15) is 0 Å². The highest BCUT2D eigenvalue weighted by molar-refractivity contribution is 6.03. The van der Waals surface area contributed by atoms with Crippen LogP contribution >= 0.6 is 12.4 Å². The Morgan fingerprint density at radius 2 is 1.61 bits per heavy atom. The number of rotatable bonds is 7. The second-order valence-corrected chi connectivity index (χ2v) is 7.10. The van der Waals surface area contributed by atoms with Gasteiger partial charge in [-0.2, -0.15) is 0 Å². The van der Waals surface area contributed by atoms with Crippen molar-refractivity contribution in [3.05, 3.63) is 53.6 Å². The first-order valence-electron chi connectivity index (χ1n) is 9.85. The highest BCUT2D eigenvalue weighted by atomic mass is 35.5. The van der Waals surface area contributed by atoms with Crippen LogP contribution in [0.3, 0.4) is 0 Å². The Morgan fingerprint density at radius 1 is 0.970 bits per heavy atom. The summed E-state index contributed by atoms with van der Waals surface area (Å²) in [5, 5.41) is 2.73. The third-order valence-corrected chi connectivity index (χ3v) is 5.12. The van der Waals surface area contributed by atoms with Crippen LogP contribution in [0.4, 0.5) is 5.69 Å². The molecule has 0 radical (unpaired) electrons. The number of methoxy groups -OCH3 is 2. The standard InChI is InChI=1S/C22H26N4O5.ClH.H2O/c1-30-18-8-7-15(13-19(18)31-2)22(29)26-11-9-25(10-12-26)14-20(27)24-17-6-4-3-5-16(17)21(23)28;;/h3-8,13H,9-12,14H2,1-2H3,(H2,23,28)(H,24,27);1H;1H2. The Labute approximate surface area is 198 Å². The maximum atomic E-state index is 12.8. The third-order valence-electron chi connectivity index (χ3n) is 5.12. The average molecular weight is 481 g/mol. The molecule has 1 fully saturated rings. The van der Waals surface area contributed by atoms with Crippen LogP contribution in [0.2, 0.25) is 0 Å². The predicted molar refractivity (Wildman–Crippen MR) is 126 cm³/mol. The number of carbonyl (C=O) groups excluding carboxylic acids is 3. The average Bonchev–Trinajstić information content (AvgIpc) is 2.78. The summed E-state index contributed by atoms with van der Waals surface area (Å²) >= 11 is 0. The second-order valence-electron chi connectivity index (χ2n) is 7.10. The number of nitrogens with zero attached hydrogens (tertiary/aromatic N) is 2. The van der Waals surface area contributed by atoms with Crippen LogP contribution in [0.1, 0.15) is 20.7 Å². The van der Waals surface area contributed by atoms with E-state index in [0.717, 1.165) is 0 Å². The van der Waals surface area contributed by atoms with Crippen LogP contribution in [0.15, 0.2) is 42.5 Å². The highest BCUT2D eigenvalue weighted by Gasteiger charge is 2.24. The lowest BCUT2D eigenvalue weighted by atomic mass is 10.1. The molecule has 1 saturated heterocycles. The molecule has 0 atom stereocenters. The Kier molecular flexibility index (Phi) is 10.6. The summed E-state index contributed by atoms with van der Waals surface area (Å²) in [6.07, 6.45) is 0. The van der Waals surface area contributed by atoms with Gasteiger partial charge in [0.25, 0.3) is 11.8 Å². The Hall–Kier alpha value is -3.34. The number of benzene rings is 2. The Bertz CT molecular complexity index is 979. The normalized spacial score (nSPS) is 13.2. The molecule has 11 heteroatoms. The number of amides is 3. The van der Waals surface area contributed by atoms with Gasteiger partial charge in [0.2, 0.25) is 5.91 Å². The van der Waals surface area contributed by atoms with Gasteiger partial charge in [0, 0.05) is 31.7 Å². The molecule has 5 N–H and O–H groups in total. The highest BCUT2D eigenvalue weighted by Crippen LogP contribution is 2.28. The minimum Gasteiger partial charge on any atom is -0.493 e. The Morgan fingerprint density at radius 3 is 2.21 bits per heavy atom. The van der Waals surface area contributed by atoms with Crippen LogP contribution < -0.4 is 20.5 Å². The van der Waals surface area contributed by atoms with Crippen LogP contribution in [-0.2, 0) is 4.79 Å². The molecule has 3 amide bonds. The van der Waals surface area contributed by atoms with Gasteiger partial charge in [0.05, 0.1) is 32.0 Å². The molecule has 0 spiro atoms. The zero-order valence-corrected chi connectivity index (χ0v) is 19.3. The van der Waals surface area contributed by atoms with Gasteiger partial charge in [-0.1, -0.05) is 12.1 Å². The van der Waals surface area contributed by atoms with Gasteiger partial charge < -0.3 is 30.9 Å². The molecule has 33 heavy (non-hydrogen) atoms. The minimum absolute atomic E-state index is 0. The van der Waals surface area contributed by atoms with Crippen LogP contribution in [0, 0.1) is 0 Å². The first kappa shape index (κ1) is 27.7. The maximum Gasteiger partial charge on any atom is 0.254 e. The molecule has 0 unspecified atom stereocenters. The first-order chi connectivity index (χ1) is 14.9. The molecule has 1 heterocycles. The van der Waals surface area contributed by atoms with Crippen molar-refractivity contribution in [3.8, 4) is 11.5 Å². The number of nitrogens with one attached hydrogen (secondary N) is 1. The number of hydrogen-bond acceptors (Lipinski definition) is 6. The fraction of sp³-hybridized carbons (Fsp3) is 0.318. The summed E-state index contributed by atoms with van der Waals surface area (Å²) in [5.41, 5.74) is 6.52. The molecular formula is C22H29ClN4O6. The number of anilines is 1. The van der Waals surface area contributed by atoms with Crippen molar-refractivity contribution in [2.24, 2.45) is 5.73 Å². The quantitative estimate of drug-likeness (QED) is 0.599. The molecule has 0 bridgehead atoms. The lowest BCUT2D eigenvalue weighted by molar-refractivity contribution is -0.117. The Balaban J connectivity index is 0.00000272. The second kappa shape index (κ2) is 12.6. The van der Waals surface area contributed by atoms with Crippen molar-refractivity contribution in [2.45, 2.75) is 0 Å². The van der Waals surface area contributed by atoms with E-state index in [1.165, 1.54) is 7.11 Å². The third kappa shape index (κ3) is 6.82. The maximum absolute atomic E-state index is 12.8. The summed E-state index contributed by atoms with van der Waals surface area (Å²) in [4.78, 5) is 40.4. The van der Waals surface area contributed by atoms with Crippen molar-refractivity contribution in [2.75, 3.05) is 52.3 Å². The minimum atomic E-state index is -0.599. The summed E-state index contributed by atoms with van der Waals surface area (Å²) in [6.45, 7) is 2.27. The topological polar surface area (TPSA) is 146 Å². The smallest absolute Gasteiger partial charge is 0.254 e. The van der Waals surface area contributed by atoms with Crippen molar-refractivity contribution in [3.63, 3.8) is 0 Å². The lowest BCUT2D eigenvalue weighted by Crippen LogP contribution is -2.50. The first-order valence-corrected chi connectivity index (χ1v) is 9.85. The number of hydrogen-bond donors (Lipinski definition) is 2. The fourth-order valence-electron chi connectivity index (χ4n) is 3.46. The van der Waals surface area contributed by atoms with Crippen LogP contribution in [0.5, 0.6) is 11.5 Å². The van der Waals surface area contributed by atoms with E-state index in [2.05, 4.69) is 5.32 Å².